The fourth-order valence-corrected chi connectivity index (χ4v) is 2.76. The van der Waals surface area contributed by atoms with Crippen molar-refractivity contribution in [3.8, 4) is 0 Å². The molecule has 0 bridgehead atoms. The van der Waals surface area contributed by atoms with E-state index in [9.17, 15) is 4.79 Å². The highest BCUT2D eigenvalue weighted by Gasteiger charge is 2.41. The van der Waals surface area contributed by atoms with Crippen molar-refractivity contribution in [1.82, 2.24) is 10.0 Å². The van der Waals surface area contributed by atoms with Gasteiger partial charge in [-0.15, -0.1) is 0 Å². The Morgan fingerprint density at radius 2 is 1.89 bits per heavy atom. The van der Waals surface area contributed by atoms with Crippen molar-refractivity contribution in [3.63, 3.8) is 0 Å². The zero-order chi connectivity index (χ0) is 13.5. The average Bonchev–Trinajstić information content (AvgIpc) is 2.39. The lowest BCUT2D eigenvalue weighted by atomic mass is 10.0. The summed E-state index contributed by atoms with van der Waals surface area (Å²) in [7, 11) is 0. The third-order valence-electron chi connectivity index (χ3n) is 3.59. The Hall–Kier alpha value is -1.59. The number of para-hydroxylation sites is 1. The molecule has 5 heteroatoms. The number of carbonyl (C=O) groups is 1. The van der Waals surface area contributed by atoms with Crippen LogP contribution in [0.5, 0.6) is 0 Å². The fourth-order valence-electron chi connectivity index (χ4n) is 2.76. The maximum absolute atomic E-state index is 12.7. The van der Waals surface area contributed by atoms with E-state index in [4.69, 9.17) is 4.74 Å². The highest BCUT2D eigenvalue weighted by Crippen LogP contribution is 2.32. The molecule has 2 aliphatic rings. The molecule has 0 atom stereocenters. The summed E-state index contributed by atoms with van der Waals surface area (Å²) >= 11 is 0. The van der Waals surface area contributed by atoms with Crippen molar-refractivity contribution < 1.29 is 9.53 Å². The molecule has 2 heterocycles. The van der Waals surface area contributed by atoms with Crippen LogP contribution >= 0.6 is 0 Å². The number of hydrogen-bond acceptors (Lipinski definition) is 4. The quantitative estimate of drug-likeness (QED) is 0.833. The summed E-state index contributed by atoms with van der Waals surface area (Å²) in [6.07, 6.45) is 0. The number of morpholine rings is 1. The van der Waals surface area contributed by atoms with E-state index in [0.717, 1.165) is 24.3 Å². The molecule has 1 amide bonds. The van der Waals surface area contributed by atoms with Crippen LogP contribution in [0.1, 0.15) is 24.2 Å². The monoisotopic (exact) mass is 261 g/mol. The van der Waals surface area contributed by atoms with Gasteiger partial charge in [0.25, 0.3) is 5.91 Å². The van der Waals surface area contributed by atoms with Gasteiger partial charge in [0.1, 0.15) is 5.66 Å². The molecule has 1 N–H and O–H groups in total. The molecule has 0 aliphatic carbocycles. The van der Waals surface area contributed by atoms with Crippen molar-refractivity contribution in [2.45, 2.75) is 19.5 Å². The SMILES string of the molecule is CC1(C)Nc2ccccc2C(=O)N1N1CCOCC1. The molecule has 0 saturated carbocycles. The minimum atomic E-state index is -0.428. The summed E-state index contributed by atoms with van der Waals surface area (Å²) in [4.78, 5) is 12.7. The Bertz CT molecular complexity index is 495. The van der Waals surface area contributed by atoms with E-state index >= 15 is 0 Å². The topological polar surface area (TPSA) is 44.8 Å². The van der Waals surface area contributed by atoms with Crippen LogP contribution in [0.3, 0.4) is 0 Å². The Morgan fingerprint density at radius 1 is 1.21 bits per heavy atom. The maximum Gasteiger partial charge on any atom is 0.272 e. The van der Waals surface area contributed by atoms with Gasteiger partial charge in [-0.3, -0.25) is 4.79 Å². The Balaban J connectivity index is 1.97. The molecular weight excluding hydrogens is 242 g/mol. The standard InChI is InChI=1S/C14H19N3O2/c1-14(2)15-12-6-4-3-5-11(12)13(18)17(14)16-7-9-19-10-8-16/h3-6,15H,7-10H2,1-2H3. The number of ether oxygens (including phenoxy) is 1. The number of anilines is 1. The van der Waals surface area contributed by atoms with E-state index in [0.29, 0.717) is 13.2 Å². The summed E-state index contributed by atoms with van der Waals surface area (Å²) < 4.78 is 5.36. The van der Waals surface area contributed by atoms with Crippen molar-refractivity contribution in [2.75, 3.05) is 31.6 Å². The molecule has 0 radical (unpaired) electrons. The van der Waals surface area contributed by atoms with Gasteiger partial charge in [0.15, 0.2) is 0 Å². The van der Waals surface area contributed by atoms with Gasteiger partial charge in [-0.05, 0) is 26.0 Å². The molecule has 19 heavy (non-hydrogen) atoms. The number of fused-ring (bicyclic) bond motifs is 1. The molecule has 1 saturated heterocycles. The summed E-state index contributed by atoms with van der Waals surface area (Å²) in [5.41, 5.74) is 1.21. The average molecular weight is 261 g/mol. The number of rotatable bonds is 1. The molecule has 3 rings (SSSR count). The van der Waals surface area contributed by atoms with Gasteiger partial charge in [0.2, 0.25) is 0 Å². The first-order valence-electron chi connectivity index (χ1n) is 6.64. The van der Waals surface area contributed by atoms with Gasteiger partial charge in [0.05, 0.1) is 18.8 Å². The van der Waals surface area contributed by atoms with Crippen molar-refractivity contribution in [3.05, 3.63) is 29.8 Å². The van der Waals surface area contributed by atoms with Crippen molar-refractivity contribution in [2.24, 2.45) is 0 Å². The van der Waals surface area contributed by atoms with E-state index in [1.165, 1.54) is 0 Å². The van der Waals surface area contributed by atoms with Crippen molar-refractivity contribution in [1.29, 1.82) is 0 Å². The van der Waals surface area contributed by atoms with Crippen LogP contribution in [0.25, 0.3) is 0 Å². The summed E-state index contributed by atoms with van der Waals surface area (Å²) in [5, 5.41) is 7.35. The van der Waals surface area contributed by atoms with Gasteiger partial charge in [-0.2, -0.15) is 0 Å². The molecule has 2 aliphatic heterocycles. The Kier molecular flexibility index (Phi) is 2.95. The largest absolute Gasteiger partial charge is 0.379 e. The van der Waals surface area contributed by atoms with Gasteiger partial charge in [-0.25, -0.2) is 10.0 Å². The second kappa shape index (κ2) is 4.51. The maximum atomic E-state index is 12.7. The lowest BCUT2D eigenvalue weighted by Gasteiger charge is -2.49. The molecule has 5 nitrogen and oxygen atoms in total. The van der Waals surface area contributed by atoms with E-state index in [-0.39, 0.29) is 5.91 Å². The first-order chi connectivity index (χ1) is 9.09. The second-order valence-corrected chi connectivity index (χ2v) is 5.41. The van der Waals surface area contributed by atoms with Crippen LogP contribution in [0.4, 0.5) is 5.69 Å². The molecule has 0 unspecified atom stereocenters. The summed E-state index contributed by atoms with van der Waals surface area (Å²) in [6.45, 7) is 6.88. The zero-order valence-corrected chi connectivity index (χ0v) is 11.3. The van der Waals surface area contributed by atoms with E-state index in [1.54, 1.807) is 0 Å². The number of nitrogens with zero attached hydrogens (tertiary/aromatic N) is 2. The van der Waals surface area contributed by atoms with Gasteiger partial charge in [-0.1, -0.05) is 12.1 Å². The number of amides is 1. The van der Waals surface area contributed by atoms with Gasteiger partial charge >= 0.3 is 0 Å². The highest BCUT2D eigenvalue weighted by molar-refractivity contribution is 6.01. The van der Waals surface area contributed by atoms with Crippen LogP contribution in [0, 0.1) is 0 Å². The Labute approximate surface area is 113 Å². The highest BCUT2D eigenvalue weighted by atomic mass is 16.5. The van der Waals surface area contributed by atoms with E-state index in [1.807, 2.05) is 43.1 Å². The van der Waals surface area contributed by atoms with Crippen LogP contribution in [-0.2, 0) is 4.74 Å². The number of nitrogens with one attached hydrogen (secondary N) is 1. The van der Waals surface area contributed by atoms with Gasteiger partial charge < -0.3 is 10.1 Å². The molecule has 102 valence electrons. The first-order valence-corrected chi connectivity index (χ1v) is 6.64. The van der Waals surface area contributed by atoms with Crippen LogP contribution < -0.4 is 5.32 Å². The normalized spacial score (nSPS) is 22.8. The van der Waals surface area contributed by atoms with Crippen LogP contribution in [-0.4, -0.2) is 47.9 Å². The molecule has 1 fully saturated rings. The Morgan fingerprint density at radius 3 is 2.63 bits per heavy atom. The fraction of sp³-hybridized carbons (Fsp3) is 0.500. The lowest BCUT2D eigenvalue weighted by molar-refractivity contribution is -0.105. The summed E-state index contributed by atoms with van der Waals surface area (Å²) in [6, 6.07) is 7.66. The van der Waals surface area contributed by atoms with E-state index < -0.39 is 5.66 Å². The lowest BCUT2D eigenvalue weighted by Crippen LogP contribution is -2.64. The summed E-state index contributed by atoms with van der Waals surface area (Å²) in [5.74, 6) is 0.0567. The number of benzene rings is 1. The van der Waals surface area contributed by atoms with Crippen molar-refractivity contribution >= 4 is 11.6 Å². The van der Waals surface area contributed by atoms with Crippen LogP contribution in [0.2, 0.25) is 0 Å². The molecule has 0 aromatic heterocycles. The number of hydrogen-bond donors (Lipinski definition) is 1. The first kappa shape index (κ1) is 12.4. The number of carbonyl (C=O) groups excluding carboxylic acids is 1. The predicted octanol–water partition coefficient (Wildman–Crippen LogP) is 1.54. The number of hydrazine groups is 1. The molecule has 0 spiro atoms. The third kappa shape index (κ3) is 2.09. The minimum Gasteiger partial charge on any atom is -0.379 e. The van der Waals surface area contributed by atoms with Crippen LogP contribution in [0.15, 0.2) is 24.3 Å². The third-order valence-corrected chi connectivity index (χ3v) is 3.59. The second-order valence-electron chi connectivity index (χ2n) is 5.41. The van der Waals surface area contributed by atoms with E-state index in [2.05, 4.69) is 10.3 Å². The molecule has 1 aromatic rings. The smallest absolute Gasteiger partial charge is 0.272 e. The minimum absolute atomic E-state index is 0.0567. The molecular formula is C14H19N3O2. The zero-order valence-electron chi connectivity index (χ0n) is 11.3. The molecule has 1 aromatic carbocycles. The van der Waals surface area contributed by atoms with Gasteiger partial charge in [0, 0.05) is 18.8 Å². The predicted molar refractivity (Wildman–Crippen MR) is 72.7 cm³/mol.